The first-order valence-electron chi connectivity index (χ1n) is 16.8. The van der Waals surface area contributed by atoms with Crippen LogP contribution < -0.4 is 20.4 Å². The first-order valence-corrected chi connectivity index (χ1v) is 23.1. The van der Waals surface area contributed by atoms with Crippen molar-refractivity contribution in [2.24, 2.45) is 20.0 Å². The van der Waals surface area contributed by atoms with Crippen molar-refractivity contribution in [3.63, 3.8) is 0 Å². The van der Waals surface area contributed by atoms with Crippen molar-refractivity contribution in [2.45, 2.75) is 79.6 Å². The van der Waals surface area contributed by atoms with Crippen molar-refractivity contribution in [2.75, 3.05) is 0 Å². The Kier molecular flexibility index (Phi) is 31.5. The van der Waals surface area contributed by atoms with Gasteiger partial charge in [0.2, 0.25) is 0 Å². The quantitative estimate of drug-likeness (QED) is 0.162. The summed E-state index contributed by atoms with van der Waals surface area (Å²) in [5.41, 5.74) is 2.39. The van der Waals surface area contributed by atoms with Crippen molar-refractivity contribution < 1.29 is 54.0 Å². The molecule has 0 saturated heterocycles. The summed E-state index contributed by atoms with van der Waals surface area (Å²) >= 11 is 26.1. The largest absolute Gasteiger partial charge is 2.00 e. The van der Waals surface area contributed by atoms with Gasteiger partial charge in [-0.15, -0.1) is 0 Å². The van der Waals surface area contributed by atoms with E-state index in [1.165, 1.54) is 0 Å². The third-order valence-corrected chi connectivity index (χ3v) is 10.4. The van der Waals surface area contributed by atoms with Gasteiger partial charge < -0.3 is 20.4 Å². The van der Waals surface area contributed by atoms with E-state index in [2.05, 4.69) is 147 Å². The molecule has 318 valence electrons. The zero-order valence-electron chi connectivity index (χ0n) is 32.3. The van der Waals surface area contributed by atoms with Crippen LogP contribution in [0.2, 0.25) is 0 Å². The second-order valence-corrected chi connectivity index (χ2v) is 19.8. The molecule has 4 rings (SSSR count). The van der Waals surface area contributed by atoms with Gasteiger partial charge in [-0.25, -0.2) is 0 Å². The number of rotatable bonds is 8. The Bertz CT molecular complexity index is 1740. The van der Waals surface area contributed by atoms with Gasteiger partial charge >= 0.3 is 33.6 Å². The molecule has 0 aliphatic heterocycles. The van der Waals surface area contributed by atoms with Crippen molar-refractivity contribution in [3.05, 3.63) is 107 Å². The number of nitrogens with zero attached hydrogens (tertiary/aromatic N) is 4. The van der Waals surface area contributed by atoms with Crippen LogP contribution in [0.15, 0.2) is 104 Å². The number of halogens is 8. The second kappa shape index (κ2) is 30.6. The molecule has 0 amide bonds. The average Bonchev–Trinajstić information content (AvgIpc) is 3.09. The van der Waals surface area contributed by atoms with Crippen molar-refractivity contribution in [3.8, 4) is 23.0 Å². The topological polar surface area (TPSA) is 142 Å². The zero-order chi connectivity index (χ0) is 42.9. The van der Waals surface area contributed by atoms with E-state index in [-0.39, 0.29) is 80.7 Å². The Morgan fingerprint density at radius 2 is 0.500 bits per heavy atom. The Hall–Kier alpha value is -0.387. The third kappa shape index (κ3) is 23.7. The molecule has 0 aromatic heterocycles. The molecular formula is C40H40Br8Co2N4O4. The van der Waals surface area contributed by atoms with E-state index in [9.17, 15) is 20.4 Å². The summed E-state index contributed by atoms with van der Waals surface area (Å²) in [4.78, 5) is 16.7. The summed E-state index contributed by atoms with van der Waals surface area (Å²) in [6.07, 6.45) is 6.45. The zero-order valence-corrected chi connectivity index (χ0v) is 47.1. The molecule has 8 nitrogen and oxygen atoms in total. The van der Waals surface area contributed by atoms with Gasteiger partial charge in [-0.3, -0.25) is 20.0 Å². The van der Waals surface area contributed by atoms with Crippen LogP contribution in [-0.4, -0.2) is 49.0 Å². The van der Waals surface area contributed by atoms with E-state index in [0.717, 1.165) is 17.9 Å². The van der Waals surface area contributed by atoms with E-state index in [4.69, 9.17) is 0 Å². The molecule has 4 aromatic carbocycles. The molecule has 0 heterocycles. The van der Waals surface area contributed by atoms with Crippen LogP contribution in [0, 0.1) is 0 Å². The number of hydrogen-bond donors (Lipinski definition) is 0. The fourth-order valence-corrected chi connectivity index (χ4v) is 8.66. The van der Waals surface area contributed by atoms with Crippen LogP contribution in [0.3, 0.4) is 0 Å². The van der Waals surface area contributed by atoms with E-state index in [1.807, 2.05) is 55.4 Å². The summed E-state index contributed by atoms with van der Waals surface area (Å²) < 4.78 is 5.69. The van der Waals surface area contributed by atoms with Gasteiger partial charge in [0.25, 0.3) is 0 Å². The molecular weight excluding hydrogens is 1360 g/mol. The normalized spacial score (nSPS) is 11.1. The molecule has 0 atom stereocenters. The molecule has 18 heteroatoms. The van der Waals surface area contributed by atoms with E-state index >= 15 is 0 Å². The van der Waals surface area contributed by atoms with Crippen LogP contribution >= 0.6 is 127 Å². The van der Waals surface area contributed by atoms with Crippen LogP contribution in [0.25, 0.3) is 0 Å². The maximum absolute atomic E-state index is 11.6. The Balaban J connectivity index is 0. The van der Waals surface area contributed by atoms with Gasteiger partial charge in [-0.05, 0) is 126 Å². The molecule has 0 spiro atoms. The fourth-order valence-electron chi connectivity index (χ4n) is 3.62. The molecule has 2 radical (unpaired) electrons. The minimum Gasteiger partial charge on any atom is -0.871 e. The summed E-state index contributed by atoms with van der Waals surface area (Å²) in [7, 11) is 0. The van der Waals surface area contributed by atoms with E-state index in [0.29, 0.717) is 40.1 Å². The van der Waals surface area contributed by atoms with Gasteiger partial charge in [0.15, 0.2) is 0 Å². The molecule has 58 heavy (non-hydrogen) atoms. The minimum atomic E-state index is -0.0300. The number of benzene rings is 4. The first-order chi connectivity index (χ1) is 26.0. The maximum Gasteiger partial charge on any atom is 2.00 e. The summed E-state index contributed by atoms with van der Waals surface area (Å²) in [6.45, 7) is 15.7. The van der Waals surface area contributed by atoms with Crippen molar-refractivity contribution in [1.29, 1.82) is 0 Å². The summed E-state index contributed by atoms with van der Waals surface area (Å²) in [6, 6.07) is 14.8. The first kappa shape index (κ1) is 59.7. The minimum absolute atomic E-state index is 0. The standard InChI is InChI=1S/4C10H11Br2NO.2Co/c4*1-6(2)13-5-7-3-8(11)4-9(12)10(7)14;;/h4*3-6,14H,1-2H3;;/q;;;;2*+2/p-4. The van der Waals surface area contributed by atoms with Crippen LogP contribution in [0.5, 0.6) is 23.0 Å². The smallest absolute Gasteiger partial charge is 0.871 e. The second-order valence-electron chi connectivity index (χ2n) is 12.7. The van der Waals surface area contributed by atoms with Gasteiger partial charge in [0.1, 0.15) is 0 Å². The average molecular weight is 1400 g/mol. The SMILES string of the molecule is CC(C)N=Cc1cc(Br)cc(Br)c1[O-].CC(C)N=Cc1cc(Br)cc(Br)c1[O-].CC(C)N=Cc1cc(Br)cc(Br)c1[O-].CC(C)N=Cc1cc(Br)cc(Br)c1[O-].[Co+2].[Co+2]. The van der Waals surface area contributed by atoms with Crippen LogP contribution in [-0.2, 0) is 33.6 Å². The number of hydrogen-bond acceptors (Lipinski definition) is 8. The molecule has 0 unspecified atom stereocenters. The number of aliphatic imine (C=N–C) groups is 4. The molecule has 0 fully saturated rings. The molecule has 0 N–H and O–H groups in total. The predicted molar refractivity (Wildman–Crippen MR) is 256 cm³/mol. The van der Waals surface area contributed by atoms with Crippen molar-refractivity contribution >= 4 is 152 Å². The molecule has 0 bridgehead atoms. The van der Waals surface area contributed by atoms with E-state index in [1.54, 1.807) is 73.4 Å². The maximum atomic E-state index is 11.6. The van der Waals surface area contributed by atoms with Gasteiger partial charge in [0.05, 0.1) is 0 Å². The summed E-state index contributed by atoms with van der Waals surface area (Å²) in [5, 5.41) is 46.3. The molecule has 0 aliphatic rings. The summed E-state index contributed by atoms with van der Waals surface area (Å²) in [5.74, 6) is -0.120. The monoisotopic (exact) mass is 1390 g/mol. The van der Waals surface area contributed by atoms with Crippen molar-refractivity contribution in [1.82, 2.24) is 0 Å². The Labute approximate surface area is 430 Å². The Morgan fingerprint density at radius 3 is 0.638 bits per heavy atom. The predicted octanol–water partition coefficient (Wildman–Crippen LogP) is 12.4. The van der Waals surface area contributed by atoms with Gasteiger partial charge in [-0.1, -0.05) is 150 Å². The van der Waals surface area contributed by atoms with Crippen LogP contribution in [0.4, 0.5) is 0 Å². The Morgan fingerprint density at radius 1 is 0.345 bits per heavy atom. The fraction of sp³-hybridized carbons (Fsp3) is 0.300. The third-order valence-electron chi connectivity index (χ3n) is 6.20. The van der Waals surface area contributed by atoms with Crippen LogP contribution in [0.1, 0.15) is 77.6 Å². The molecule has 4 aromatic rings. The van der Waals surface area contributed by atoms with Gasteiger partial charge in [-0.2, -0.15) is 0 Å². The molecule has 0 saturated carbocycles. The molecule has 0 aliphatic carbocycles. The van der Waals surface area contributed by atoms with Gasteiger partial charge in [0, 0.05) is 84.8 Å². The van der Waals surface area contributed by atoms with E-state index < -0.39 is 0 Å².